The van der Waals surface area contributed by atoms with E-state index < -0.39 is 0 Å². The average molecular weight is 278 g/mol. The van der Waals surface area contributed by atoms with Crippen LogP contribution in [-0.2, 0) is 0 Å². The first-order chi connectivity index (χ1) is 9.72. The van der Waals surface area contributed by atoms with E-state index in [-0.39, 0.29) is 0 Å². The lowest BCUT2D eigenvalue weighted by atomic mass is 10.0. The molecule has 1 aromatic carbocycles. The molecule has 0 amide bonds. The van der Waals surface area contributed by atoms with Crippen LogP contribution in [0.4, 0.5) is 0 Å². The van der Waals surface area contributed by atoms with Gasteiger partial charge in [0.1, 0.15) is 6.61 Å². The molecule has 0 aromatic heterocycles. The van der Waals surface area contributed by atoms with Gasteiger partial charge in [-0.15, -0.1) is 0 Å². The molecule has 0 radical (unpaired) electrons. The summed E-state index contributed by atoms with van der Waals surface area (Å²) in [7, 11) is 1.67. The fourth-order valence-corrected chi connectivity index (χ4v) is 2.71. The monoisotopic (exact) mass is 278 g/mol. The Labute approximate surface area is 122 Å². The van der Waals surface area contributed by atoms with Gasteiger partial charge in [-0.1, -0.05) is 26.0 Å². The van der Waals surface area contributed by atoms with Crippen molar-refractivity contribution in [3.63, 3.8) is 0 Å². The quantitative estimate of drug-likeness (QED) is 0.863. The lowest BCUT2D eigenvalue weighted by Crippen LogP contribution is -2.54. The highest BCUT2D eigenvalue weighted by atomic mass is 16.5. The Balaban J connectivity index is 1.85. The van der Waals surface area contributed by atoms with Crippen LogP contribution in [0.25, 0.3) is 0 Å². The molecule has 4 nitrogen and oxygen atoms in total. The van der Waals surface area contributed by atoms with Crippen molar-refractivity contribution in [1.82, 2.24) is 10.2 Å². The summed E-state index contributed by atoms with van der Waals surface area (Å²) in [5.41, 5.74) is 0. The van der Waals surface area contributed by atoms with Gasteiger partial charge in [0.05, 0.1) is 7.11 Å². The van der Waals surface area contributed by atoms with Crippen LogP contribution < -0.4 is 14.8 Å². The standard InChI is InChI=1S/C16H26N2O2/c1-13(2)14-12-17-8-9-18(14)10-11-20-16-7-5-4-6-15(16)19-3/h4-7,13-14,17H,8-12H2,1-3H3. The van der Waals surface area contributed by atoms with E-state index in [2.05, 4.69) is 24.1 Å². The summed E-state index contributed by atoms with van der Waals surface area (Å²) in [6, 6.07) is 8.41. The molecule has 1 N–H and O–H groups in total. The summed E-state index contributed by atoms with van der Waals surface area (Å²) in [6.07, 6.45) is 0. The highest BCUT2D eigenvalue weighted by molar-refractivity contribution is 5.39. The molecule has 112 valence electrons. The van der Waals surface area contributed by atoms with Gasteiger partial charge in [0.15, 0.2) is 11.5 Å². The summed E-state index contributed by atoms with van der Waals surface area (Å²) in [5, 5.41) is 3.47. The Morgan fingerprint density at radius 2 is 2.05 bits per heavy atom. The second-order valence-electron chi connectivity index (χ2n) is 5.55. The van der Waals surface area contributed by atoms with Gasteiger partial charge in [-0.25, -0.2) is 0 Å². The van der Waals surface area contributed by atoms with Crippen LogP contribution in [0.2, 0.25) is 0 Å². The summed E-state index contributed by atoms with van der Waals surface area (Å²) in [4.78, 5) is 2.52. The molecular weight excluding hydrogens is 252 g/mol. The normalized spacial score (nSPS) is 20.1. The van der Waals surface area contributed by atoms with Crippen molar-refractivity contribution in [2.45, 2.75) is 19.9 Å². The first kappa shape index (κ1) is 15.1. The van der Waals surface area contributed by atoms with Crippen molar-refractivity contribution >= 4 is 0 Å². The molecule has 4 heteroatoms. The number of methoxy groups -OCH3 is 1. The number of ether oxygens (including phenoxy) is 2. The number of hydrogen-bond acceptors (Lipinski definition) is 4. The van der Waals surface area contributed by atoms with E-state index in [0.29, 0.717) is 18.6 Å². The molecule has 1 saturated heterocycles. The van der Waals surface area contributed by atoms with Crippen LogP contribution in [0.1, 0.15) is 13.8 Å². The summed E-state index contributed by atoms with van der Waals surface area (Å²) < 4.78 is 11.2. The van der Waals surface area contributed by atoms with E-state index in [1.54, 1.807) is 7.11 Å². The number of benzene rings is 1. The van der Waals surface area contributed by atoms with Crippen molar-refractivity contribution in [3.8, 4) is 11.5 Å². The summed E-state index contributed by atoms with van der Waals surface area (Å²) >= 11 is 0. The zero-order valence-electron chi connectivity index (χ0n) is 12.8. The van der Waals surface area contributed by atoms with Crippen LogP contribution >= 0.6 is 0 Å². The lowest BCUT2D eigenvalue weighted by molar-refractivity contribution is 0.104. The fourth-order valence-electron chi connectivity index (χ4n) is 2.71. The first-order valence-corrected chi connectivity index (χ1v) is 7.43. The van der Waals surface area contributed by atoms with E-state index in [0.717, 1.165) is 37.7 Å². The molecule has 1 aromatic rings. The number of piperazine rings is 1. The molecule has 1 atom stereocenters. The largest absolute Gasteiger partial charge is 0.493 e. The number of nitrogens with one attached hydrogen (secondary N) is 1. The van der Waals surface area contributed by atoms with E-state index in [4.69, 9.17) is 9.47 Å². The van der Waals surface area contributed by atoms with Gasteiger partial charge in [-0.2, -0.15) is 0 Å². The van der Waals surface area contributed by atoms with Gasteiger partial charge in [0.25, 0.3) is 0 Å². The Morgan fingerprint density at radius 3 is 2.75 bits per heavy atom. The minimum atomic E-state index is 0.602. The van der Waals surface area contributed by atoms with Gasteiger partial charge < -0.3 is 14.8 Å². The van der Waals surface area contributed by atoms with Gasteiger partial charge in [-0.05, 0) is 18.1 Å². The topological polar surface area (TPSA) is 33.7 Å². The minimum absolute atomic E-state index is 0.602. The third kappa shape index (κ3) is 3.87. The van der Waals surface area contributed by atoms with Crippen molar-refractivity contribution < 1.29 is 9.47 Å². The highest BCUT2D eigenvalue weighted by Crippen LogP contribution is 2.25. The molecule has 1 aliphatic heterocycles. The molecular formula is C16H26N2O2. The summed E-state index contributed by atoms with van der Waals surface area (Å²) in [5.74, 6) is 2.29. The van der Waals surface area contributed by atoms with E-state index >= 15 is 0 Å². The van der Waals surface area contributed by atoms with Crippen molar-refractivity contribution in [2.75, 3.05) is 39.9 Å². The molecule has 0 bridgehead atoms. The Morgan fingerprint density at radius 1 is 1.30 bits per heavy atom. The average Bonchev–Trinajstić information content (AvgIpc) is 2.48. The smallest absolute Gasteiger partial charge is 0.161 e. The molecule has 1 aliphatic rings. The van der Waals surface area contributed by atoms with Gasteiger partial charge in [-0.3, -0.25) is 4.90 Å². The number of hydrogen-bond donors (Lipinski definition) is 1. The van der Waals surface area contributed by atoms with E-state index in [9.17, 15) is 0 Å². The Hall–Kier alpha value is -1.26. The maximum absolute atomic E-state index is 5.87. The lowest BCUT2D eigenvalue weighted by Gasteiger charge is -2.38. The van der Waals surface area contributed by atoms with E-state index in [1.165, 1.54) is 0 Å². The predicted octanol–water partition coefficient (Wildman–Crippen LogP) is 2.00. The van der Waals surface area contributed by atoms with Crippen molar-refractivity contribution in [1.29, 1.82) is 0 Å². The van der Waals surface area contributed by atoms with Gasteiger partial charge >= 0.3 is 0 Å². The van der Waals surface area contributed by atoms with Crippen LogP contribution in [0.15, 0.2) is 24.3 Å². The van der Waals surface area contributed by atoms with Crippen molar-refractivity contribution in [3.05, 3.63) is 24.3 Å². The van der Waals surface area contributed by atoms with E-state index in [1.807, 2.05) is 24.3 Å². The fraction of sp³-hybridized carbons (Fsp3) is 0.625. The van der Waals surface area contributed by atoms with Crippen LogP contribution in [0.5, 0.6) is 11.5 Å². The third-order valence-corrected chi connectivity index (χ3v) is 3.87. The van der Waals surface area contributed by atoms with Crippen molar-refractivity contribution in [2.24, 2.45) is 5.92 Å². The number of rotatable bonds is 6. The summed E-state index contributed by atoms with van der Waals surface area (Å²) in [6.45, 7) is 9.46. The second kappa shape index (κ2) is 7.50. The molecule has 1 heterocycles. The molecule has 20 heavy (non-hydrogen) atoms. The maximum atomic E-state index is 5.87. The van der Waals surface area contributed by atoms with Crippen LogP contribution in [-0.4, -0.2) is 50.8 Å². The molecule has 0 saturated carbocycles. The molecule has 1 unspecified atom stereocenters. The highest BCUT2D eigenvalue weighted by Gasteiger charge is 2.24. The first-order valence-electron chi connectivity index (χ1n) is 7.43. The molecule has 0 spiro atoms. The molecule has 0 aliphatic carbocycles. The predicted molar refractivity (Wildman–Crippen MR) is 81.6 cm³/mol. The number of nitrogens with zero attached hydrogens (tertiary/aromatic N) is 1. The number of para-hydroxylation sites is 2. The SMILES string of the molecule is COc1ccccc1OCCN1CCNCC1C(C)C. The van der Waals surface area contributed by atoms with Crippen LogP contribution in [0, 0.1) is 5.92 Å². The minimum Gasteiger partial charge on any atom is -0.493 e. The van der Waals surface area contributed by atoms with Crippen LogP contribution in [0.3, 0.4) is 0 Å². The molecule has 1 fully saturated rings. The van der Waals surface area contributed by atoms with Gasteiger partial charge in [0, 0.05) is 32.2 Å². The maximum Gasteiger partial charge on any atom is 0.161 e. The third-order valence-electron chi connectivity index (χ3n) is 3.87. The zero-order chi connectivity index (χ0) is 14.4. The Bertz CT molecular complexity index is 409. The van der Waals surface area contributed by atoms with Gasteiger partial charge in [0.2, 0.25) is 0 Å². The Kier molecular flexibility index (Phi) is 5.68. The second-order valence-corrected chi connectivity index (χ2v) is 5.55. The zero-order valence-corrected chi connectivity index (χ0v) is 12.8. The molecule has 2 rings (SSSR count).